The fourth-order valence-electron chi connectivity index (χ4n) is 2.65. The van der Waals surface area contributed by atoms with Gasteiger partial charge in [-0.3, -0.25) is 0 Å². The molecule has 0 radical (unpaired) electrons. The van der Waals surface area contributed by atoms with Crippen LogP contribution in [0.2, 0.25) is 5.02 Å². The summed E-state index contributed by atoms with van der Waals surface area (Å²) in [4.78, 5) is 5.58. The van der Waals surface area contributed by atoms with Gasteiger partial charge in [0.15, 0.2) is 5.13 Å². The average molecular weight is 506 g/mol. The van der Waals surface area contributed by atoms with Crippen molar-refractivity contribution in [1.82, 2.24) is 4.98 Å². The number of alkyl halides is 4. The summed E-state index contributed by atoms with van der Waals surface area (Å²) in [6, 6.07) is 12.4. The predicted molar refractivity (Wildman–Crippen MR) is 116 cm³/mol. The molecule has 1 heterocycles. The molecule has 0 saturated carbocycles. The second kappa shape index (κ2) is 9.93. The maximum absolute atomic E-state index is 13.0. The molecule has 1 aromatic heterocycles. The van der Waals surface area contributed by atoms with Crippen LogP contribution in [-0.2, 0) is 17.3 Å². The van der Waals surface area contributed by atoms with Gasteiger partial charge in [0.1, 0.15) is 0 Å². The van der Waals surface area contributed by atoms with E-state index in [1.807, 2.05) is 18.2 Å². The highest BCUT2D eigenvalue weighted by molar-refractivity contribution is 9.09. The number of nitrogens with one attached hydrogen (secondary N) is 1. The van der Waals surface area contributed by atoms with E-state index in [0.29, 0.717) is 35.5 Å². The number of halogens is 5. The first kappa shape index (κ1) is 22.1. The van der Waals surface area contributed by atoms with Gasteiger partial charge in [0.2, 0.25) is 0 Å². The number of hydrogen-bond donors (Lipinski definition) is 1. The van der Waals surface area contributed by atoms with Crippen LogP contribution in [0, 0.1) is 0 Å². The van der Waals surface area contributed by atoms with Crippen molar-refractivity contribution in [3.8, 4) is 11.3 Å². The van der Waals surface area contributed by atoms with Gasteiger partial charge in [0.05, 0.1) is 24.5 Å². The molecule has 9 heteroatoms. The van der Waals surface area contributed by atoms with Gasteiger partial charge in [-0.1, -0.05) is 45.7 Å². The lowest BCUT2D eigenvalue weighted by molar-refractivity contribution is -0.137. The first-order valence-electron chi connectivity index (χ1n) is 8.70. The van der Waals surface area contributed by atoms with Crippen LogP contribution in [0.25, 0.3) is 11.3 Å². The normalized spacial score (nSPS) is 11.6. The summed E-state index contributed by atoms with van der Waals surface area (Å²) in [5.74, 6) is 0. The Morgan fingerprint density at radius 1 is 1.10 bits per heavy atom. The Bertz CT molecular complexity index is 965. The van der Waals surface area contributed by atoms with Crippen molar-refractivity contribution in [2.45, 2.75) is 12.6 Å². The number of aromatic nitrogens is 1. The summed E-state index contributed by atoms with van der Waals surface area (Å²) in [6.45, 7) is 1.12. The molecule has 0 aliphatic carbocycles. The largest absolute Gasteiger partial charge is 0.416 e. The van der Waals surface area contributed by atoms with Crippen molar-refractivity contribution < 1.29 is 17.9 Å². The summed E-state index contributed by atoms with van der Waals surface area (Å²) in [5, 5.41) is 4.83. The molecule has 154 valence electrons. The number of hydrogen-bond acceptors (Lipinski definition) is 4. The van der Waals surface area contributed by atoms with E-state index in [1.165, 1.54) is 17.4 Å². The molecule has 0 saturated heterocycles. The molecule has 0 unspecified atom stereocenters. The number of rotatable bonds is 8. The molecule has 3 nitrogen and oxygen atoms in total. The number of thiazole rings is 1. The smallest absolute Gasteiger partial charge is 0.380 e. The van der Waals surface area contributed by atoms with E-state index in [1.54, 1.807) is 12.1 Å². The highest BCUT2D eigenvalue weighted by atomic mass is 79.9. The molecule has 0 aliphatic heterocycles. The zero-order chi connectivity index (χ0) is 20.9. The monoisotopic (exact) mass is 504 g/mol. The zero-order valence-electron chi connectivity index (χ0n) is 15.1. The van der Waals surface area contributed by atoms with Crippen molar-refractivity contribution >= 4 is 49.7 Å². The van der Waals surface area contributed by atoms with E-state index in [-0.39, 0.29) is 0 Å². The molecule has 2 aromatic carbocycles. The second-order valence-electron chi connectivity index (χ2n) is 6.06. The maximum atomic E-state index is 13.0. The Morgan fingerprint density at radius 3 is 2.62 bits per heavy atom. The van der Waals surface area contributed by atoms with E-state index in [9.17, 15) is 13.2 Å². The van der Waals surface area contributed by atoms with Crippen LogP contribution in [-0.4, -0.2) is 23.5 Å². The Hall–Kier alpha value is -1.61. The van der Waals surface area contributed by atoms with Crippen molar-refractivity contribution in [1.29, 1.82) is 0 Å². The first-order chi connectivity index (χ1) is 13.9. The van der Waals surface area contributed by atoms with E-state index < -0.39 is 11.7 Å². The summed E-state index contributed by atoms with van der Waals surface area (Å²) in [6.07, 6.45) is -3.76. The molecular weight excluding hydrogens is 489 g/mol. The van der Waals surface area contributed by atoms with Crippen LogP contribution in [0.15, 0.2) is 48.5 Å². The minimum atomic E-state index is -4.40. The summed E-state index contributed by atoms with van der Waals surface area (Å²) >= 11 is 10.8. The van der Waals surface area contributed by atoms with Crippen LogP contribution in [0.5, 0.6) is 0 Å². The van der Waals surface area contributed by atoms with Gasteiger partial charge in [0.25, 0.3) is 0 Å². The Labute approximate surface area is 184 Å². The van der Waals surface area contributed by atoms with Crippen LogP contribution in [0.4, 0.5) is 24.0 Å². The lowest BCUT2D eigenvalue weighted by Gasteiger charge is -2.08. The number of nitrogens with zero attached hydrogens (tertiary/aromatic N) is 1. The third kappa shape index (κ3) is 6.18. The maximum Gasteiger partial charge on any atom is 0.416 e. The Kier molecular flexibility index (Phi) is 7.56. The fraction of sp³-hybridized carbons (Fsp3) is 0.250. The van der Waals surface area contributed by atoms with Crippen LogP contribution in [0.3, 0.4) is 0 Å². The van der Waals surface area contributed by atoms with Gasteiger partial charge in [0, 0.05) is 32.9 Å². The van der Waals surface area contributed by atoms with Gasteiger partial charge >= 0.3 is 6.18 Å². The van der Waals surface area contributed by atoms with E-state index in [0.717, 1.165) is 33.6 Å². The lowest BCUT2D eigenvalue weighted by atomic mass is 10.1. The van der Waals surface area contributed by atoms with E-state index in [2.05, 4.69) is 26.2 Å². The molecule has 0 atom stereocenters. The quantitative estimate of drug-likeness (QED) is 0.260. The number of anilines is 2. The SMILES string of the molecule is FC(F)(F)c1cccc(Nc2nc(-c3cccc(Cl)c3)c(CCOCCBr)s2)c1. The van der Waals surface area contributed by atoms with Crippen molar-refractivity contribution in [2.75, 3.05) is 23.9 Å². The second-order valence-corrected chi connectivity index (χ2v) is 8.37. The third-order valence-electron chi connectivity index (χ3n) is 3.93. The first-order valence-corrected chi connectivity index (χ1v) is 11.0. The molecule has 0 amide bonds. The molecule has 3 aromatic rings. The number of ether oxygens (including phenoxy) is 1. The minimum absolute atomic E-state index is 0.327. The van der Waals surface area contributed by atoms with Gasteiger partial charge in [-0.2, -0.15) is 13.2 Å². The molecule has 0 fully saturated rings. The fourth-order valence-corrected chi connectivity index (χ4v) is 4.06. The van der Waals surface area contributed by atoms with Crippen LogP contribution in [0.1, 0.15) is 10.4 Å². The van der Waals surface area contributed by atoms with Crippen LogP contribution >= 0.6 is 38.9 Å². The van der Waals surface area contributed by atoms with E-state index in [4.69, 9.17) is 16.3 Å². The molecule has 29 heavy (non-hydrogen) atoms. The lowest BCUT2D eigenvalue weighted by Crippen LogP contribution is -2.05. The standard InChI is InChI=1S/C20H17BrClF3N2OS/c21-8-10-28-9-7-17-18(13-3-1-5-15(22)11-13)27-19(29-17)26-16-6-2-4-14(12-16)20(23,24)25/h1-6,11-12H,7-10H2,(H,26,27). The van der Waals surface area contributed by atoms with Crippen LogP contribution < -0.4 is 5.32 Å². The molecule has 1 N–H and O–H groups in total. The third-order valence-corrected chi connectivity index (χ3v) is 5.52. The number of benzene rings is 2. The summed E-state index contributed by atoms with van der Waals surface area (Å²) < 4.78 is 44.4. The molecule has 3 rings (SSSR count). The van der Waals surface area contributed by atoms with Crippen molar-refractivity contribution in [3.05, 3.63) is 64.0 Å². The molecular formula is C20H17BrClF3N2OS. The highest BCUT2D eigenvalue weighted by Gasteiger charge is 2.30. The highest BCUT2D eigenvalue weighted by Crippen LogP contribution is 2.35. The molecule has 0 aliphatic rings. The van der Waals surface area contributed by atoms with E-state index >= 15 is 0 Å². The Morgan fingerprint density at radius 2 is 1.90 bits per heavy atom. The molecule has 0 bridgehead atoms. The van der Waals surface area contributed by atoms with Gasteiger partial charge in [-0.25, -0.2) is 4.98 Å². The van der Waals surface area contributed by atoms with Gasteiger partial charge < -0.3 is 10.1 Å². The average Bonchev–Trinajstić information content (AvgIpc) is 3.07. The Balaban J connectivity index is 1.87. The van der Waals surface area contributed by atoms with Crippen molar-refractivity contribution in [2.24, 2.45) is 0 Å². The van der Waals surface area contributed by atoms with Gasteiger partial charge in [-0.05, 0) is 30.3 Å². The zero-order valence-corrected chi connectivity index (χ0v) is 18.3. The molecule has 0 spiro atoms. The minimum Gasteiger partial charge on any atom is -0.380 e. The van der Waals surface area contributed by atoms with Crippen molar-refractivity contribution in [3.63, 3.8) is 0 Å². The summed E-state index contributed by atoms with van der Waals surface area (Å²) in [7, 11) is 0. The van der Waals surface area contributed by atoms with Gasteiger partial charge in [-0.15, -0.1) is 11.3 Å². The predicted octanol–water partition coefficient (Wildman–Crippen LogP) is 7.18. The summed E-state index contributed by atoms with van der Waals surface area (Å²) in [5.41, 5.74) is 1.21. The topological polar surface area (TPSA) is 34.2 Å².